The number of ether oxygens (including phenoxy) is 2. The summed E-state index contributed by atoms with van der Waals surface area (Å²) >= 11 is 0. The van der Waals surface area contributed by atoms with Gasteiger partial charge < -0.3 is 24.4 Å². The van der Waals surface area contributed by atoms with Crippen LogP contribution in [0.25, 0.3) is 5.76 Å². The lowest BCUT2D eigenvalue weighted by atomic mass is 9.94. The Bertz CT molecular complexity index is 1330. The van der Waals surface area contributed by atoms with Crippen molar-refractivity contribution < 1.29 is 24.2 Å². The third kappa shape index (κ3) is 6.49. The minimum absolute atomic E-state index is 0.0892. The van der Waals surface area contributed by atoms with E-state index in [0.29, 0.717) is 43.2 Å². The number of aliphatic hydroxyl groups excluding tert-OH is 1. The van der Waals surface area contributed by atoms with Crippen molar-refractivity contribution in [1.82, 2.24) is 9.80 Å². The second-order valence-electron chi connectivity index (χ2n) is 9.91. The summed E-state index contributed by atoms with van der Waals surface area (Å²) in [6, 6.07) is 21.8. The molecule has 1 amide bonds. The van der Waals surface area contributed by atoms with Crippen LogP contribution in [-0.4, -0.2) is 60.4 Å². The number of aliphatic hydroxyl groups is 1. The molecule has 0 radical (unpaired) electrons. The minimum atomic E-state index is -0.697. The molecule has 0 spiro atoms. The number of rotatable bonds is 11. The van der Waals surface area contributed by atoms with Crippen LogP contribution in [0.4, 0.5) is 0 Å². The molecule has 39 heavy (non-hydrogen) atoms. The smallest absolute Gasteiger partial charge is 0.295 e. The van der Waals surface area contributed by atoms with Gasteiger partial charge in [0.2, 0.25) is 0 Å². The monoisotopic (exact) mass is 528 g/mol. The molecule has 1 aliphatic rings. The molecule has 0 bridgehead atoms. The number of Topliss-reactive ketones (excluding diaryl/α,β-unsaturated/α-hetero) is 1. The van der Waals surface area contributed by atoms with E-state index in [0.717, 1.165) is 23.2 Å². The Kier molecular flexibility index (Phi) is 9.04. The van der Waals surface area contributed by atoms with E-state index in [9.17, 15) is 14.7 Å². The molecule has 7 nitrogen and oxygen atoms in total. The van der Waals surface area contributed by atoms with Gasteiger partial charge in [-0.25, -0.2) is 0 Å². The first kappa shape index (κ1) is 27.9. The summed E-state index contributed by atoms with van der Waals surface area (Å²) in [5.41, 5.74) is 3.15. The molecule has 3 aromatic carbocycles. The maximum absolute atomic E-state index is 13.3. The van der Waals surface area contributed by atoms with Crippen LogP contribution in [0.5, 0.6) is 11.5 Å². The molecule has 204 valence electrons. The van der Waals surface area contributed by atoms with Gasteiger partial charge in [0.05, 0.1) is 18.2 Å². The predicted molar refractivity (Wildman–Crippen MR) is 152 cm³/mol. The van der Waals surface area contributed by atoms with Crippen molar-refractivity contribution >= 4 is 17.4 Å². The van der Waals surface area contributed by atoms with Crippen molar-refractivity contribution in [2.24, 2.45) is 0 Å². The molecule has 1 saturated heterocycles. The average molecular weight is 529 g/mol. The molecule has 1 atom stereocenters. The number of hydrogen-bond donors (Lipinski definition) is 1. The zero-order valence-electron chi connectivity index (χ0n) is 23.0. The van der Waals surface area contributed by atoms with Gasteiger partial charge in [0, 0.05) is 12.1 Å². The lowest BCUT2D eigenvalue weighted by Gasteiger charge is -2.26. The van der Waals surface area contributed by atoms with E-state index in [1.807, 2.05) is 87.4 Å². The highest BCUT2D eigenvalue weighted by molar-refractivity contribution is 6.46. The van der Waals surface area contributed by atoms with Crippen LogP contribution in [0.1, 0.15) is 41.6 Å². The van der Waals surface area contributed by atoms with Crippen molar-refractivity contribution in [2.75, 3.05) is 33.8 Å². The Hall–Kier alpha value is -4.10. The maximum Gasteiger partial charge on any atom is 0.295 e. The number of amides is 1. The first-order valence-corrected chi connectivity index (χ1v) is 13.2. The van der Waals surface area contributed by atoms with E-state index < -0.39 is 17.7 Å². The molecule has 0 saturated carbocycles. The highest BCUT2D eigenvalue weighted by Crippen LogP contribution is 2.40. The summed E-state index contributed by atoms with van der Waals surface area (Å²) in [6.07, 6.45) is 0.695. The fraction of sp³-hybridized carbons (Fsp3) is 0.312. The molecule has 1 aliphatic heterocycles. The van der Waals surface area contributed by atoms with E-state index in [2.05, 4.69) is 0 Å². The molecule has 1 N–H and O–H groups in total. The van der Waals surface area contributed by atoms with Gasteiger partial charge in [-0.1, -0.05) is 42.5 Å². The van der Waals surface area contributed by atoms with Crippen LogP contribution in [0.15, 0.2) is 78.4 Å². The van der Waals surface area contributed by atoms with Crippen LogP contribution < -0.4 is 9.47 Å². The van der Waals surface area contributed by atoms with Gasteiger partial charge in [-0.15, -0.1) is 0 Å². The zero-order chi connectivity index (χ0) is 27.9. The Labute approximate surface area is 230 Å². The van der Waals surface area contributed by atoms with Gasteiger partial charge in [0.1, 0.15) is 23.9 Å². The van der Waals surface area contributed by atoms with Crippen molar-refractivity contribution in [3.8, 4) is 11.5 Å². The van der Waals surface area contributed by atoms with E-state index in [-0.39, 0.29) is 11.3 Å². The molecule has 7 heteroatoms. The standard InChI is InChI=1S/C32H36N2O5/c1-5-38-26-15-12-24(13-16-26)29-28(31(36)32(37)34(29)19-9-18-33(3)4)30(35)25-14-17-27(22(2)20-25)39-21-23-10-7-6-8-11-23/h6-8,10-17,20,29,35H,5,9,18-19,21H2,1-4H3/b30-28+/t29-/m0/s1. The number of carbonyl (C=O) groups excluding carboxylic acids is 2. The van der Waals surface area contributed by atoms with Crippen molar-refractivity contribution in [3.63, 3.8) is 0 Å². The zero-order valence-corrected chi connectivity index (χ0v) is 23.0. The summed E-state index contributed by atoms with van der Waals surface area (Å²) in [6.45, 7) is 5.91. The summed E-state index contributed by atoms with van der Waals surface area (Å²) in [4.78, 5) is 30.1. The lowest BCUT2D eigenvalue weighted by Crippen LogP contribution is -2.32. The predicted octanol–water partition coefficient (Wildman–Crippen LogP) is 5.35. The fourth-order valence-corrected chi connectivity index (χ4v) is 4.78. The summed E-state index contributed by atoms with van der Waals surface area (Å²) in [5, 5.41) is 11.4. The number of carbonyl (C=O) groups is 2. The number of ketones is 1. The highest BCUT2D eigenvalue weighted by Gasteiger charge is 2.45. The third-order valence-electron chi connectivity index (χ3n) is 6.74. The highest BCUT2D eigenvalue weighted by atomic mass is 16.5. The molecule has 4 rings (SSSR count). The maximum atomic E-state index is 13.3. The normalized spacial score (nSPS) is 16.6. The Balaban J connectivity index is 1.67. The molecule has 0 aromatic heterocycles. The quantitative estimate of drug-likeness (QED) is 0.205. The van der Waals surface area contributed by atoms with E-state index in [1.54, 1.807) is 23.1 Å². The Morgan fingerprint density at radius 2 is 1.69 bits per heavy atom. The van der Waals surface area contributed by atoms with Gasteiger partial charge in [-0.2, -0.15) is 0 Å². The van der Waals surface area contributed by atoms with Crippen molar-refractivity contribution in [2.45, 2.75) is 32.9 Å². The van der Waals surface area contributed by atoms with Crippen LogP contribution in [0.3, 0.4) is 0 Å². The van der Waals surface area contributed by atoms with Crippen LogP contribution >= 0.6 is 0 Å². The van der Waals surface area contributed by atoms with Crippen LogP contribution in [-0.2, 0) is 16.2 Å². The topological polar surface area (TPSA) is 79.3 Å². The van der Waals surface area contributed by atoms with Crippen molar-refractivity contribution in [3.05, 3.63) is 101 Å². The van der Waals surface area contributed by atoms with Gasteiger partial charge >= 0.3 is 0 Å². The Morgan fingerprint density at radius 1 is 0.974 bits per heavy atom. The van der Waals surface area contributed by atoms with E-state index >= 15 is 0 Å². The molecular formula is C32H36N2O5. The Morgan fingerprint density at radius 3 is 2.33 bits per heavy atom. The molecule has 1 heterocycles. The van der Waals surface area contributed by atoms with Crippen LogP contribution in [0.2, 0.25) is 0 Å². The van der Waals surface area contributed by atoms with E-state index in [1.165, 1.54) is 0 Å². The fourth-order valence-electron chi connectivity index (χ4n) is 4.78. The number of hydrogen-bond acceptors (Lipinski definition) is 6. The molecule has 3 aromatic rings. The van der Waals surface area contributed by atoms with Crippen LogP contribution in [0, 0.1) is 6.92 Å². The number of nitrogens with zero attached hydrogens (tertiary/aromatic N) is 2. The lowest BCUT2D eigenvalue weighted by molar-refractivity contribution is -0.139. The second kappa shape index (κ2) is 12.6. The summed E-state index contributed by atoms with van der Waals surface area (Å²) in [7, 11) is 3.93. The first-order chi connectivity index (χ1) is 18.8. The summed E-state index contributed by atoms with van der Waals surface area (Å²) < 4.78 is 11.6. The molecule has 1 fully saturated rings. The van der Waals surface area contributed by atoms with E-state index in [4.69, 9.17) is 9.47 Å². The third-order valence-corrected chi connectivity index (χ3v) is 6.74. The van der Waals surface area contributed by atoms with Crippen molar-refractivity contribution in [1.29, 1.82) is 0 Å². The minimum Gasteiger partial charge on any atom is -0.507 e. The first-order valence-electron chi connectivity index (χ1n) is 13.2. The van der Waals surface area contributed by atoms with Gasteiger partial charge in [0.25, 0.3) is 11.7 Å². The number of aryl methyl sites for hydroxylation is 1. The molecular weight excluding hydrogens is 492 g/mol. The van der Waals surface area contributed by atoms with Gasteiger partial charge in [0.15, 0.2) is 0 Å². The number of benzene rings is 3. The number of likely N-dealkylation sites (tertiary alicyclic amines) is 1. The average Bonchev–Trinajstić information content (AvgIpc) is 3.18. The van der Waals surface area contributed by atoms with Gasteiger partial charge in [-0.3, -0.25) is 9.59 Å². The second-order valence-corrected chi connectivity index (χ2v) is 9.91. The van der Waals surface area contributed by atoms with Gasteiger partial charge in [-0.05, 0) is 87.9 Å². The SMILES string of the molecule is CCOc1ccc([C@H]2/C(=C(\O)c3ccc(OCc4ccccc4)c(C)c3)C(=O)C(=O)N2CCCN(C)C)cc1. The largest absolute Gasteiger partial charge is 0.507 e. The summed E-state index contributed by atoms with van der Waals surface area (Å²) in [5.74, 6) is -0.0952. The molecule has 0 unspecified atom stereocenters. The molecule has 0 aliphatic carbocycles.